The molecule has 3 heterocycles. The molecule has 0 saturated carbocycles. The summed E-state index contributed by atoms with van der Waals surface area (Å²) in [5.41, 5.74) is 0.415. The Kier molecular flexibility index (Phi) is 3.64. The average Bonchev–Trinajstić information content (AvgIpc) is 2.66. The van der Waals surface area contributed by atoms with Gasteiger partial charge in [-0.05, 0) is 44.7 Å². The number of halogens is 1. The topological polar surface area (TPSA) is 57.8 Å². The fraction of sp³-hybridized carbons (Fsp3) is 0.500. The van der Waals surface area contributed by atoms with Gasteiger partial charge in [0.05, 0.1) is 5.60 Å². The van der Waals surface area contributed by atoms with Gasteiger partial charge >= 0.3 is 0 Å². The maximum atomic E-state index is 14.5. The van der Waals surface area contributed by atoms with Crippen LogP contribution in [0.4, 0.5) is 4.39 Å². The second kappa shape index (κ2) is 5.35. The minimum atomic E-state index is -0.760. The first kappa shape index (κ1) is 15.0. The van der Waals surface area contributed by atoms with Crippen LogP contribution in [0.5, 0.6) is 0 Å². The van der Waals surface area contributed by atoms with Crippen molar-refractivity contribution >= 4 is 11.6 Å². The highest BCUT2D eigenvalue weighted by Crippen LogP contribution is 2.23. The molecule has 0 radical (unpaired) electrons. The molecule has 1 amide bonds. The number of rotatable bonds is 1. The minimum Gasteiger partial charge on any atom is -0.390 e. The van der Waals surface area contributed by atoms with Gasteiger partial charge in [-0.15, -0.1) is 0 Å². The Morgan fingerprint density at radius 2 is 2.14 bits per heavy atom. The van der Waals surface area contributed by atoms with E-state index in [1.54, 1.807) is 24.1 Å². The van der Waals surface area contributed by atoms with Crippen LogP contribution in [0.15, 0.2) is 18.3 Å². The Labute approximate surface area is 128 Å². The normalized spacial score (nSPS) is 22.8. The van der Waals surface area contributed by atoms with E-state index in [0.717, 1.165) is 5.56 Å². The molecule has 5 nitrogen and oxygen atoms in total. The van der Waals surface area contributed by atoms with Crippen molar-refractivity contribution < 1.29 is 14.3 Å². The predicted molar refractivity (Wildman–Crippen MR) is 80.3 cm³/mol. The van der Waals surface area contributed by atoms with Gasteiger partial charge in [-0.2, -0.15) is 4.39 Å². The molecule has 0 aliphatic carbocycles. The lowest BCUT2D eigenvalue weighted by atomic mass is 9.98. The molecule has 0 unspecified atom stereocenters. The molecule has 0 bridgehead atoms. The van der Waals surface area contributed by atoms with E-state index in [4.69, 9.17) is 0 Å². The summed E-state index contributed by atoms with van der Waals surface area (Å²) in [6.07, 6.45) is 3.46. The summed E-state index contributed by atoms with van der Waals surface area (Å²) in [5, 5.41) is 10.1. The maximum Gasteiger partial charge on any atom is 0.277 e. The summed E-state index contributed by atoms with van der Waals surface area (Å²) < 4.78 is 15.8. The SMILES string of the molecule is Cc1ccc2nc(C(=O)N3CCC[C@@](C)(O)CC3)c(F)n2c1. The van der Waals surface area contributed by atoms with E-state index in [0.29, 0.717) is 38.0 Å². The molecule has 1 atom stereocenters. The van der Waals surface area contributed by atoms with Gasteiger partial charge in [-0.25, -0.2) is 4.98 Å². The van der Waals surface area contributed by atoms with Gasteiger partial charge in [0, 0.05) is 19.3 Å². The summed E-state index contributed by atoms with van der Waals surface area (Å²) in [5.74, 6) is -1.03. The van der Waals surface area contributed by atoms with E-state index in [1.165, 1.54) is 4.40 Å². The lowest BCUT2D eigenvalue weighted by molar-refractivity contribution is 0.0437. The number of hydrogen-bond donors (Lipinski definition) is 1. The van der Waals surface area contributed by atoms with Crippen molar-refractivity contribution in [3.05, 3.63) is 35.5 Å². The van der Waals surface area contributed by atoms with Crippen LogP contribution in [-0.4, -0.2) is 44.0 Å². The van der Waals surface area contributed by atoms with Crippen molar-refractivity contribution in [3.63, 3.8) is 0 Å². The van der Waals surface area contributed by atoms with E-state index in [2.05, 4.69) is 4.98 Å². The molecular formula is C16H20FN3O2. The summed E-state index contributed by atoms with van der Waals surface area (Å²) in [7, 11) is 0. The minimum absolute atomic E-state index is 0.146. The largest absolute Gasteiger partial charge is 0.390 e. The third-order valence-corrected chi connectivity index (χ3v) is 4.26. The zero-order valence-corrected chi connectivity index (χ0v) is 12.8. The fourth-order valence-electron chi connectivity index (χ4n) is 2.87. The number of imidazole rings is 1. The van der Waals surface area contributed by atoms with Crippen LogP contribution < -0.4 is 0 Å². The Morgan fingerprint density at radius 1 is 1.36 bits per heavy atom. The van der Waals surface area contributed by atoms with Gasteiger partial charge in [0.1, 0.15) is 5.65 Å². The number of likely N-dealkylation sites (tertiary alicyclic amines) is 1. The molecule has 22 heavy (non-hydrogen) atoms. The van der Waals surface area contributed by atoms with E-state index in [-0.39, 0.29) is 5.69 Å². The van der Waals surface area contributed by atoms with Crippen molar-refractivity contribution in [1.82, 2.24) is 14.3 Å². The van der Waals surface area contributed by atoms with Crippen molar-refractivity contribution in [1.29, 1.82) is 0 Å². The number of amides is 1. The highest BCUT2D eigenvalue weighted by atomic mass is 19.1. The highest BCUT2D eigenvalue weighted by molar-refractivity contribution is 5.93. The number of fused-ring (bicyclic) bond motifs is 1. The number of aliphatic hydroxyl groups is 1. The Morgan fingerprint density at radius 3 is 2.91 bits per heavy atom. The first-order chi connectivity index (χ1) is 10.4. The zero-order valence-electron chi connectivity index (χ0n) is 12.8. The lowest BCUT2D eigenvalue weighted by Crippen LogP contribution is -2.34. The molecule has 0 spiro atoms. The molecule has 1 N–H and O–H groups in total. The molecule has 1 fully saturated rings. The van der Waals surface area contributed by atoms with Gasteiger partial charge in [0.15, 0.2) is 5.69 Å². The van der Waals surface area contributed by atoms with E-state index < -0.39 is 17.5 Å². The van der Waals surface area contributed by atoms with Crippen LogP contribution in [0.3, 0.4) is 0 Å². The first-order valence-electron chi connectivity index (χ1n) is 7.53. The highest BCUT2D eigenvalue weighted by Gasteiger charge is 2.30. The molecule has 1 saturated heterocycles. The number of pyridine rings is 1. The molecule has 3 rings (SSSR count). The Hall–Kier alpha value is -1.95. The quantitative estimate of drug-likeness (QED) is 0.878. The van der Waals surface area contributed by atoms with E-state index in [9.17, 15) is 14.3 Å². The van der Waals surface area contributed by atoms with Crippen molar-refractivity contribution in [3.8, 4) is 0 Å². The summed E-state index contributed by atoms with van der Waals surface area (Å²) in [6, 6.07) is 3.53. The molecule has 2 aromatic rings. The molecule has 1 aliphatic heterocycles. The monoisotopic (exact) mass is 305 g/mol. The van der Waals surface area contributed by atoms with Crippen LogP contribution >= 0.6 is 0 Å². The fourth-order valence-corrected chi connectivity index (χ4v) is 2.87. The second-order valence-corrected chi connectivity index (χ2v) is 6.33. The second-order valence-electron chi connectivity index (χ2n) is 6.33. The standard InChI is InChI=1S/C16H20FN3O2/c1-11-4-5-12-18-13(14(17)20(12)10-11)15(21)19-8-3-6-16(2,22)7-9-19/h4-5,10,22H,3,6-9H2,1-2H3/t16-/m1/s1. The molecule has 2 aromatic heterocycles. The Balaban J connectivity index is 1.90. The van der Waals surface area contributed by atoms with Gasteiger partial charge < -0.3 is 10.0 Å². The van der Waals surface area contributed by atoms with Crippen molar-refractivity contribution in [2.24, 2.45) is 0 Å². The lowest BCUT2D eigenvalue weighted by Gasteiger charge is -2.22. The summed E-state index contributed by atoms with van der Waals surface area (Å²) in [6.45, 7) is 4.56. The first-order valence-corrected chi connectivity index (χ1v) is 7.53. The van der Waals surface area contributed by atoms with Gasteiger partial charge in [-0.3, -0.25) is 9.20 Å². The average molecular weight is 305 g/mol. The summed E-state index contributed by atoms with van der Waals surface area (Å²) in [4.78, 5) is 18.3. The zero-order chi connectivity index (χ0) is 15.9. The van der Waals surface area contributed by atoms with Crippen LogP contribution in [0.25, 0.3) is 5.65 Å². The van der Waals surface area contributed by atoms with Crippen LogP contribution in [0.1, 0.15) is 42.2 Å². The predicted octanol–water partition coefficient (Wildman–Crippen LogP) is 2.16. The van der Waals surface area contributed by atoms with Crippen LogP contribution in [0.2, 0.25) is 0 Å². The molecule has 0 aromatic carbocycles. The maximum absolute atomic E-state index is 14.5. The molecular weight excluding hydrogens is 285 g/mol. The number of carbonyl (C=O) groups excluding carboxylic acids is 1. The van der Waals surface area contributed by atoms with Gasteiger partial charge in [0.25, 0.3) is 5.91 Å². The number of hydrogen-bond acceptors (Lipinski definition) is 3. The number of carbonyl (C=O) groups is 1. The summed E-state index contributed by atoms with van der Waals surface area (Å²) >= 11 is 0. The molecule has 6 heteroatoms. The van der Waals surface area contributed by atoms with E-state index in [1.807, 2.05) is 13.0 Å². The Bertz CT molecular complexity index is 723. The van der Waals surface area contributed by atoms with Crippen LogP contribution in [-0.2, 0) is 0 Å². The van der Waals surface area contributed by atoms with Gasteiger partial charge in [0.2, 0.25) is 5.95 Å². The smallest absolute Gasteiger partial charge is 0.277 e. The third-order valence-electron chi connectivity index (χ3n) is 4.26. The third kappa shape index (κ3) is 2.70. The van der Waals surface area contributed by atoms with E-state index >= 15 is 0 Å². The van der Waals surface area contributed by atoms with Crippen LogP contribution in [0, 0.1) is 12.9 Å². The van der Waals surface area contributed by atoms with Gasteiger partial charge in [-0.1, -0.05) is 6.07 Å². The van der Waals surface area contributed by atoms with Crippen molar-refractivity contribution in [2.45, 2.75) is 38.7 Å². The number of nitrogens with zero attached hydrogens (tertiary/aromatic N) is 3. The molecule has 1 aliphatic rings. The van der Waals surface area contributed by atoms with Crippen molar-refractivity contribution in [2.75, 3.05) is 13.1 Å². The number of aryl methyl sites for hydroxylation is 1. The number of aromatic nitrogens is 2. The molecule has 118 valence electrons.